The van der Waals surface area contributed by atoms with Gasteiger partial charge in [-0.3, -0.25) is 9.59 Å². The van der Waals surface area contributed by atoms with Gasteiger partial charge in [0.2, 0.25) is 18.6 Å². The number of rotatable bonds is 9. The Labute approximate surface area is 182 Å². The Bertz CT molecular complexity index is 914. The highest BCUT2D eigenvalue weighted by Gasteiger charge is 2.28. The number of nitrogens with zero attached hydrogens (tertiary/aromatic N) is 1. The molecule has 166 valence electrons. The number of amides is 2. The summed E-state index contributed by atoms with van der Waals surface area (Å²) in [5.74, 6) is 0.720. The van der Waals surface area contributed by atoms with Crippen molar-refractivity contribution < 1.29 is 23.5 Å². The fourth-order valence-corrected chi connectivity index (χ4v) is 3.58. The molecule has 31 heavy (non-hydrogen) atoms. The summed E-state index contributed by atoms with van der Waals surface area (Å²) < 4.78 is 24.1. The summed E-state index contributed by atoms with van der Waals surface area (Å²) in [5, 5.41) is 2.90. The third-order valence-corrected chi connectivity index (χ3v) is 5.15. The second-order valence-corrected chi connectivity index (χ2v) is 7.92. The van der Waals surface area contributed by atoms with Crippen molar-refractivity contribution in [3.63, 3.8) is 0 Å². The van der Waals surface area contributed by atoms with Crippen LogP contribution >= 0.6 is 0 Å². The summed E-state index contributed by atoms with van der Waals surface area (Å²) >= 11 is 0. The number of halogens is 1. The average molecular weight is 429 g/mol. The first-order valence-corrected chi connectivity index (χ1v) is 10.6. The number of hydrogen-bond acceptors (Lipinski definition) is 4. The molecule has 1 unspecified atom stereocenters. The van der Waals surface area contributed by atoms with Crippen LogP contribution in [0, 0.1) is 5.82 Å². The van der Waals surface area contributed by atoms with Gasteiger partial charge in [0.25, 0.3) is 0 Å². The normalized spacial score (nSPS) is 13.2. The Hall–Kier alpha value is -3.09. The maximum Gasteiger partial charge on any atom is 0.243 e. The zero-order valence-corrected chi connectivity index (χ0v) is 18.2. The molecule has 0 saturated heterocycles. The molecule has 1 heterocycles. The monoisotopic (exact) mass is 428 g/mol. The second-order valence-electron chi connectivity index (χ2n) is 7.92. The number of aryl methyl sites for hydroxylation is 1. The van der Waals surface area contributed by atoms with Gasteiger partial charge in [-0.25, -0.2) is 4.39 Å². The van der Waals surface area contributed by atoms with Gasteiger partial charge >= 0.3 is 0 Å². The molecule has 0 bridgehead atoms. The molecule has 1 N–H and O–H groups in total. The lowest BCUT2D eigenvalue weighted by Crippen LogP contribution is -2.50. The Morgan fingerprint density at radius 1 is 1.06 bits per heavy atom. The number of ether oxygens (including phenoxy) is 2. The van der Waals surface area contributed by atoms with E-state index in [0.717, 1.165) is 11.1 Å². The van der Waals surface area contributed by atoms with Crippen molar-refractivity contribution >= 4 is 11.8 Å². The van der Waals surface area contributed by atoms with Crippen LogP contribution in [-0.4, -0.2) is 35.6 Å². The van der Waals surface area contributed by atoms with E-state index >= 15 is 0 Å². The maximum absolute atomic E-state index is 13.3. The summed E-state index contributed by atoms with van der Waals surface area (Å²) in [4.78, 5) is 27.6. The fourth-order valence-electron chi connectivity index (χ4n) is 3.58. The molecule has 2 amide bonds. The number of carbonyl (C=O) groups excluding carboxylic acids is 2. The van der Waals surface area contributed by atoms with Crippen LogP contribution in [0.3, 0.4) is 0 Å². The zero-order chi connectivity index (χ0) is 22.4. The second kappa shape index (κ2) is 10.3. The van der Waals surface area contributed by atoms with Crippen molar-refractivity contribution in [3.05, 3.63) is 59.4 Å². The van der Waals surface area contributed by atoms with E-state index < -0.39 is 6.04 Å². The Kier molecular flexibility index (Phi) is 7.50. The Balaban J connectivity index is 1.75. The van der Waals surface area contributed by atoms with E-state index in [9.17, 15) is 14.0 Å². The quantitative estimate of drug-likeness (QED) is 0.659. The van der Waals surface area contributed by atoms with E-state index in [0.29, 0.717) is 24.3 Å². The molecule has 0 radical (unpaired) electrons. The van der Waals surface area contributed by atoms with Crippen molar-refractivity contribution in [1.29, 1.82) is 0 Å². The third kappa shape index (κ3) is 5.96. The first-order chi connectivity index (χ1) is 14.9. The van der Waals surface area contributed by atoms with E-state index in [1.807, 2.05) is 39.0 Å². The molecule has 0 aliphatic carbocycles. The van der Waals surface area contributed by atoms with E-state index in [1.165, 1.54) is 12.1 Å². The van der Waals surface area contributed by atoms with Gasteiger partial charge < -0.3 is 19.7 Å². The number of hydrogen-bond donors (Lipinski definition) is 1. The van der Waals surface area contributed by atoms with E-state index in [4.69, 9.17) is 9.47 Å². The lowest BCUT2D eigenvalue weighted by atomic mass is 10.1. The Morgan fingerprint density at radius 3 is 2.42 bits per heavy atom. The predicted molar refractivity (Wildman–Crippen MR) is 115 cm³/mol. The van der Waals surface area contributed by atoms with Gasteiger partial charge in [0.1, 0.15) is 11.9 Å². The molecule has 3 rings (SSSR count). The molecule has 2 aromatic rings. The molecule has 6 nitrogen and oxygen atoms in total. The summed E-state index contributed by atoms with van der Waals surface area (Å²) in [6, 6.07) is 11.0. The zero-order valence-electron chi connectivity index (χ0n) is 18.2. The van der Waals surface area contributed by atoms with Crippen LogP contribution in [0.25, 0.3) is 0 Å². The van der Waals surface area contributed by atoms with E-state index in [-0.39, 0.29) is 43.4 Å². The van der Waals surface area contributed by atoms with Gasteiger partial charge in [-0.05, 0) is 62.1 Å². The van der Waals surface area contributed by atoms with Crippen molar-refractivity contribution in [2.75, 3.05) is 6.79 Å². The van der Waals surface area contributed by atoms with E-state index in [2.05, 4.69) is 5.32 Å². The molecular weight excluding hydrogens is 399 g/mol. The lowest BCUT2D eigenvalue weighted by molar-refractivity contribution is -0.141. The topological polar surface area (TPSA) is 67.9 Å². The summed E-state index contributed by atoms with van der Waals surface area (Å²) in [7, 11) is 0. The molecule has 1 aliphatic heterocycles. The largest absolute Gasteiger partial charge is 0.454 e. The number of nitrogens with one attached hydrogen (secondary N) is 1. The minimum atomic E-state index is -0.600. The van der Waals surface area contributed by atoms with Gasteiger partial charge in [0, 0.05) is 19.0 Å². The summed E-state index contributed by atoms with van der Waals surface area (Å²) in [5.41, 5.74) is 1.73. The maximum atomic E-state index is 13.3. The first kappa shape index (κ1) is 22.6. The van der Waals surface area contributed by atoms with Gasteiger partial charge in [-0.15, -0.1) is 0 Å². The number of benzene rings is 2. The molecule has 0 saturated carbocycles. The summed E-state index contributed by atoms with van der Waals surface area (Å²) in [6.45, 7) is 6.09. The Morgan fingerprint density at radius 2 is 1.74 bits per heavy atom. The van der Waals surface area contributed by atoms with Gasteiger partial charge in [-0.1, -0.05) is 25.1 Å². The lowest BCUT2D eigenvalue weighted by Gasteiger charge is -2.31. The first-order valence-electron chi connectivity index (χ1n) is 10.6. The minimum absolute atomic E-state index is 0.0297. The van der Waals surface area contributed by atoms with Crippen molar-refractivity contribution in [2.24, 2.45) is 0 Å². The van der Waals surface area contributed by atoms with Crippen LogP contribution in [0.15, 0.2) is 42.5 Å². The highest BCUT2D eigenvalue weighted by Crippen LogP contribution is 2.32. The average Bonchev–Trinajstić information content (AvgIpc) is 3.20. The van der Waals surface area contributed by atoms with Crippen LogP contribution < -0.4 is 14.8 Å². The summed E-state index contributed by atoms with van der Waals surface area (Å²) in [6.07, 6.45) is 1.24. The van der Waals surface area contributed by atoms with Crippen molar-refractivity contribution in [3.8, 4) is 11.5 Å². The number of carbonyl (C=O) groups is 2. The van der Waals surface area contributed by atoms with Crippen LogP contribution in [0.5, 0.6) is 11.5 Å². The smallest absolute Gasteiger partial charge is 0.243 e. The third-order valence-electron chi connectivity index (χ3n) is 5.15. The van der Waals surface area contributed by atoms with Crippen LogP contribution in [-0.2, 0) is 22.6 Å². The molecule has 1 aliphatic rings. The fraction of sp³-hybridized carbons (Fsp3) is 0.417. The number of fused-ring (bicyclic) bond motifs is 1. The minimum Gasteiger partial charge on any atom is -0.454 e. The van der Waals surface area contributed by atoms with E-state index in [1.54, 1.807) is 17.0 Å². The van der Waals surface area contributed by atoms with Crippen LogP contribution in [0.1, 0.15) is 44.7 Å². The van der Waals surface area contributed by atoms with Crippen molar-refractivity contribution in [2.45, 2.75) is 58.7 Å². The van der Waals surface area contributed by atoms with Gasteiger partial charge in [0.05, 0.1) is 0 Å². The SMILES string of the molecule is CCC(C(=O)NC(C)C)N(Cc1ccc(F)cc1)C(=O)CCc1ccc2c(c1)OCO2. The molecule has 1 atom stereocenters. The predicted octanol–water partition coefficient (Wildman–Crippen LogP) is 3.82. The highest BCUT2D eigenvalue weighted by molar-refractivity contribution is 5.87. The van der Waals surface area contributed by atoms with Gasteiger partial charge in [-0.2, -0.15) is 0 Å². The van der Waals surface area contributed by atoms with Crippen LogP contribution in [0.4, 0.5) is 4.39 Å². The van der Waals surface area contributed by atoms with Gasteiger partial charge in [0.15, 0.2) is 11.5 Å². The molecule has 0 spiro atoms. The van der Waals surface area contributed by atoms with Crippen molar-refractivity contribution in [1.82, 2.24) is 10.2 Å². The highest BCUT2D eigenvalue weighted by atomic mass is 19.1. The molecule has 7 heteroatoms. The molecule has 0 aromatic heterocycles. The molecule has 2 aromatic carbocycles. The molecule has 0 fully saturated rings. The standard InChI is InChI=1S/C24H29FN2O4/c1-4-20(24(29)26-16(2)3)27(14-18-5-9-19(25)10-6-18)23(28)12-8-17-7-11-21-22(13-17)31-15-30-21/h5-7,9-11,13,16,20H,4,8,12,14-15H2,1-3H3,(H,26,29). The van der Waals surface area contributed by atoms with Crippen LogP contribution in [0.2, 0.25) is 0 Å². The molecular formula is C24H29FN2O4.